The molecule has 0 bridgehead atoms. The summed E-state index contributed by atoms with van der Waals surface area (Å²) in [5.41, 5.74) is 3.96. The van der Waals surface area contributed by atoms with Gasteiger partial charge in [0, 0.05) is 0 Å². The van der Waals surface area contributed by atoms with Gasteiger partial charge in [0.05, 0.1) is 0 Å². The van der Waals surface area contributed by atoms with Crippen molar-refractivity contribution in [2.75, 3.05) is 0 Å². The van der Waals surface area contributed by atoms with Crippen LogP contribution in [0.1, 0.15) is 96.6 Å². The van der Waals surface area contributed by atoms with Gasteiger partial charge in [-0.3, -0.25) is 0 Å². The Morgan fingerprint density at radius 2 is 1.32 bits per heavy atom. The van der Waals surface area contributed by atoms with Gasteiger partial charge in [-0.05, 0) is 76.3 Å². The number of hydrogen-bond donors (Lipinski definition) is 0. The number of hydrogen-bond acceptors (Lipinski definition) is 0. The predicted molar refractivity (Wildman–Crippen MR) is 156 cm³/mol. The van der Waals surface area contributed by atoms with Crippen LogP contribution in [0.3, 0.4) is 0 Å². The Labute approximate surface area is 210 Å². The highest BCUT2D eigenvalue weighted by atomic mass is 14.1. The number of rotatable bonds is 15. The van der Waals surface area contributed by atoms with Crippen LogP contribution in [0.4, 0.5) is 0 Å². The third kappa shape index (κ3) is 8.61. The van der Waals surface area contributed by atoms with Crippen LogP contribution in [-0.2, 0) is 6.42 Å². The van der Waals surface area contributed by atoms with E-state index in [2.05, 4.69) is 84.7 Å². The van der Waals surface area contributed by atoms with E-state index in [1.807, 2.05) is 6.08 Å². The zero-order chi connectivity index (χ0) is 25.1. The summed E-state index contributed by atoms with van der Waals surface area (Å²) in [5, 5.41) is 4.73. The second-order valence-corrected chi connectivity index (χ2v) is 11.2. The molecule has 2 atom stereocenters. The van der Waals surface area contributed by atoms with E-state index in [4.69, 9.17) is 0 Å². The second-order valence-electron chi connectivity index (χ2n) is 11.2. The monoisotopic (exact) mass is 458 g/mol. The first-order valence-electron chi connectivity index (χ1n) is 13.7. The fourth-order valence-corrected chi connectivity index (χ4v) is 5.21. The minimum atomic E-state index is 0.817. The van der Waals surface area contributed by atoms with E-state index < -0.39 is 0 Å². The molecule has 0 heteroatoms. The van der Waals surface area contributed by atoms with E-state index in [1.54, 1.807) is 0 Å². The van der Waals surface area contributed by atoms with Crippen molar-refractivity contribution >= 4 is 23.9 Å². The molecule has 0 aliphatic rings. The molecule has 0 saturated carbocycles. The van der Waals surface area contributed by atoms with E-state index >= 15 is 0 Å². The molecule has 34 heavy (non-hydrogen) atoms. The maximum absolute atomic E-state index is 4.42. The minimum Gasteiger partial charge on any atom is -0.0988 e. The number of fused-ring (bicyclic) bond motifs is 1. The molecule has 0 nitrogen and oxygen atoms in total. The first kappa shape index (κ1) is 28.2. The molecule has 186 valence electrons. The molecule has 2 aromatic rings. The van der Waals surface area contributed by atoms with Crippen molar-refractivity contribution in [1.29, 1.82) is 0 Å². The Balaban J connectivity index is 1.82. The van der Waals surface area contributed by atoms with Crippen molar-refractivity contribution in [3.63, 3.8) is 0 Å². The third-order valence-electron chi connectivity index (χ3n) is 7.71. The highest BCUT2D eigenvalue weighted by Crippen LogP contribution is 2.22. The molecule has 0 aliphatic heterocycles. The average molecular weight is 459 g/mol. The summed E-state index contributed by atoms with van der Waals surface area (Å²) in [6.07, 6.45) is 17.3. The molecule has 0 radical (unpaired) electrons. The first-order chi connectivity index (χ1) is 16.2. The smallest absolute Gasteiger partial charge is 0.00828 e. The van der Waals surface area contributed by atoms with Crippen LogP contribution >= 0.6 is 0 Å². The summed E-state index contributed by atoms with van der Waals surface area (Å²) in [5.74, 6) is 2.55. The summed E-state index contributed by atoms with van der Waals surface area (Å²) < 4.78 is 0. The van der Waals surface area contributed by atoms with Crippen LogP contribution in [0, 0.1) is 24.7 Å². The zero-order valence-electron chi connectivity index (χ0n) is 22.9. The fraction of sp³-hybridized carbons (Fsp3) is 0.529. The molecular weight excluding hydrogens is 408 g/mol. The molecule has 0 aliphatic carbocycles. The number of benzene rings is 2. The highest BCUT2D eigenvalue weighted by molar-refractivity contribution is 5.85. The van der Waals surface area contributed by atoms with Gasteiger partial charge in [0.25, 0.3) is 0 Å². The van der Waals surface area contributed by atoms with Crippen LogP contribution in [0.2, 0.25) is 0 Å². The Morgan fingerprint density at radius 1 is 0.794 bits per heavy atom. The average Bonchev–Trinajstić information content (AvgIpc) is 2.81. The lowest BCUT2D eigenvalue weighted by molar-refractivity contribution is 0.389. The van der Waals surface area contributed by atoms with Crippen molar-refractivity contribution in [3.8, 4) is 0 Å². The molecule has 2 unspecified atom stereocenters. The van der Waals surface area contributed by atoms with Gasteiger partial charge < -0.3 is 0 Å². The third-order valence-corrected chi connectivity index (χ3v) is 7.71. The second kappa shape index (κ2) is 14.3. The lowest BCUT2D eigenvalue weighted by atomic mass is 9.91. The highest BCUT2D eigenvalue weighted by Gasteiger charge is 2.08. The maximum Gasteiger partial charge on any atom is -0.00828 e. The van der Waals surface area contributed by atoms with Gasteiger partial charge in [-0.2, -0.15) is 0 Å². The zero-order valence-corrected chi connectivity index (χ0v) is 22.9. The molecule has 0 N–H and O–H groups in total. The summed E-state index contributed by atoms with van der Waals surface area (Å²) in [6, 6.07) is 8.50. The molecular formula is C34H50. The maximum atomic E-state index is 4.42. The lowest BCUT2D eigenvalue weighted by Gasteiger charge is -2.15. The van der Waals surface area contributed by atoms with E-state index in [0.717, 1.165) is 41.0 Å². The van der Waals surface area contributed by atoms with E-state index in [9.17, 15) is 0 Å². The molecule has 2 rings (SSSR count). The molecule has 0 aromatic heterocycles. The Kier molecular flexibility index (Phi) is 11.9. The number of allylic oxidation sites excluding steroid dienone is 3. The molecule has 2 aromatic carbocycles. The van der Waals surface area contributed by atoms with Gasteiger partial charge in [-0.15, -0.1) is 0 Å². The van der Waals surface area contributed by atoms with Gasteiger partial charge in [-0.25, -0.2) is 0 Å². The quantitative estimate of drug-likeness (QED) is 0.233. The van der Waals surface area contributed by atoms with Gasteiger partial charge >= 0.3 is 0 Å². The first-order valence-corrected chi connectivity index (χ1v) is 13.7. The largest absolute Gasteiger partial charge is 0.0988 e. The van der Waals surface area contributed by atoms with Crippen molar-refractivity contribution in [2.24, 2.45) is 17.8 Å². The molecule has 0 spiro atoms. The van der Waals surface area contributed by atoms with Crippen LogP contribution in [0.5, 0.6) is 0 Å². The van der Waals surface area contributed by atoms with Crippen LogP contribution in [-0.4, -0.2) is 0 Å². The fourth-order valence-electron chi connectivity index (χ4n) is 5.21. The molecule has 0 saturated heterocycles. The molecule has 0 amide bonds. The van der Waals surface area contributed by atoms with Crippen LogP contribution < -0.4 is 10.4 Å². The van der Waals surface area contributed by atoms with E-state index in [0.29, 0.717) is 0 Å². The van der Waals surface area contributed by atoms with Crippen molar-refractivity contribution in [1.82, 2.24) is 0 Å². The van der Waals surface area contributed by atoms with Crippen molar-refractivity contribution in [3.05, 3.63) is 70.1 Å². The Morgan fingerprint density at radius 3 is 1.88 bits per heavy atom. The van der Waals surface area contributed by atoms with Crippen molar-refractivity contribution < 1.29 is 0 Å². The van der Waals surface area contributed by atoms with Crippen molar-refractivity contribution in [2.45, 2.75) is 98.8 Å². The SMILES string of the molecule is C=C/C(=C/Cc1c(C)c(=C)c2ccccc2c1=C)CCCC(C)CCCC(C)CCCC(C)C. The predicted octanol–water partition coefficient (Wildman–Crippen LogP) is 9.06. The standard InChI is InChI=1S/C34H50/c1-9-31(20-14-19-27(5)18-13-17-26(4)16-12-15-25(2)3)23-24-32-28(6)29(7)33-21-10-11-22-34(33)30(32)8/h9-11,21-23,25-27H,1,7-8,12-20,24H2,2-6H3/b31-23-. The van der Waals surface area contributed by atoms with Gasteiger partial charge in [0.2, 0.25) is 0 Å². The Hall–Kier alpha value is -2.08. The summed E-state index contributed by atoms with van der Waals surface area (Å²) in [4.78, 5) is 0. The van der Waals surface area contributed by atoms with Gasteiger partial charge in [0.15, 0.2) is 0 Å². The Bertz CT molecular complexity index is 1040. The van der Waals surface area contributed by atoms with Crippen LogP contribution in [0.15, 0.2) is 48.6 Å². The van der Waals surface area contributed by atoms with E-state index in [1.165, 1.54) is 78.8 Å². The molecule has 0 heterocycles. The summed E-state index contributed by atoms with van der Waals surface area (Å²) >= 11 is 0. The molecule has 0 fully saturated rings. The lowest BCUT2D eigenvalue weighted by Crippen LogP contribution is -2.20. The summed E-state index contributed by atoms with van der Waals surface area (Å²) in [7, 11) is 0. The van der Waals surface area contributed by atoms with E-state index in [-0.39, 0.29) is 0 Å². The minimum absolute atomic E-state index is 0.817. The normalized spacial score (nSPS) is 14.0. The van der Waals surface area contributed by atoms with Gasteiger partial charge in [0.1, 0.15) is 0 Å². The topological polar surface area (TPSA) is 0 Å². The van der Waals surface area contributed by atoms with Crippen LogP contribution in [0.25, 0.3) is 23.9 Å². The van der Waals surface area contributed by atoms with Gasteiger partial charge in [-0.1, -0.05) is 134 Å². The summed E-state index contributed by atoms with van der Waals surface area (Å²) in [6.45, 7) is 24.6.